The maximum atomic E-state index is 11.4. The minimum Gasteiger partial charge on any atom is -0.375 e. The van der Waals surface area contributed by atoms with Gasteiger partial charge in [0, 0.05) is 6.04 Å². The molecule has 2 heterocycles. The summed E-state index contributed by atoms with van der Waals surface area (Å²) in [5.74, 6) is 0.543. The fourth-order valence-electron chi connectivity index (χ4n) is 1.37. The molecule has 5 nitrogen and oxygen atoms in total. The molecule has 1 spiro atoms. The molecule has 2 N–H and O–H groups in total. The van der Waals surface area contributed by atoms with E-state index in [4.69, 9.17) is 4.74 Å². The van der Waals surface area contributed by atoms with Gasteiger partial charge in [0.1, 0.15) is 0 Å². The van der Waals surface area contributed by atoms with Crippen molar-refractivity contribution in [1.29, 1.82) is 0 Å². The Hall–Kier alpha value is -1.10. The first kappa shape index (κ1) is 8.50. The molecule has 0 unspecified atom stereocenters. The third-order valence-electron chi connectivity index (χ3n) is 2.11. The van der Waals surface area contributed by atoms with Crippen LogP contribution in [0.2, 0.25) is 0 Å². The zero-order valence-electron chi connectivity index (χ0n) is 7.76. The van der Waals surface area contributed by atoms with Crippen molar-refractivity contribution in [2.24, 2.45) is 4.99 Å². The van der Waals surface area contributed by atoms with Crippen LogP contribution >= 0.6 is 0 Å². The first-order valence-corrected chi connectivity index (χ1v) is 4.38. The fourth-order valence-corrected chi connectivity index (χ4v) is 1.37. The summed E-state index contributed by atoms with van der Waals surface area (Å²) >= 11 is 0. The van der Waals surface area contributed by atoms with E-state index < -0.39 is 5.54 Å². The lowest BCUT2D eigenvalue weighted by atomic mass is 9.99. The second kappa shape index (κ2) is 2.70. The third-order valence-corrected chi connectivity index (χ3v) is 2.11. The van der Waals surface area contributed by atoms with E-state index in [0.29, 0.717) is 19.2 Å². The molecule has 0 radical (unpaired) electrons. The standard InChI is InChI=1S/C8H13N3O2/c1-5(2)9-7-10-6(12)8(11-7)3-13-4-8/h5H,3-4H2,1-2H3,(H2,9,10,11,12). The number of nitrogens with one attached hydrogen (secondary N) is 2. The Morgan fingerprint density at radius 3 is 2.62 bits per heavy atom. The van der Waals surface area contributed by atoms with Crippen molar-refractivity contribution in [2.45, 2.75) is 25.4 Å². The number of hydrogen-bond acceptors (Lipinski definition) is 3. The molecule has 0 atom stereocenters. The Balaban J connectivity index is 2.11. The summed E-state index contributed by atoms with van der Waals surface area (Å²) < 4.78 is 5.01. The van der Waals surface area contributed by atoms with Gasteiger partial charge in [0.05, 0.1) is 13.2 Å². The number of amides is 1. The number of ether oxygens (including phenoxy) is 1. The predicted molar refractivity (Wildman–Crippen MR) is 47.4 cm³/mol. The van der Waals surface area contributed by atoms with Crippen molar-refractivity contribution in [3.05, 3.63) is 0 Å². The monoisotopic (exact) mass is 183 g/mol. The van der Waals surface area contributed by atoms with Crippen molar-refractivity contribution in [1.82, 2.24) is 10.6 Å². The van der Waals surface area contributed by atoms with Gasteiger partial charge in [-0.05, 0) is 13.8 Å². The Morgan fingerprint density at radius 1 is 1.54 bits per heavy atom. The molecule has 13 heavy (non-hydrogen) atoms. The molecule has 0 saturated carbocycles. The smallest absolute Gasteiger partial charge is 0.257 e. The highest BCUT2D eigenvalue weighted by atomic mass is 16.5. The molecule has 0 aliphatic carbocycles. The predicted octanol–water partition coefficient (Wildman–Crippen LogP) is -0.761. The van der Waals surface area contributed by atoms with Gasteiger partial charge in [0.2, 0.25) is 0 Å². The van der Waals surface area contributed by atoms with Gasteiger partial charge in [0.25, 0.3) is 5.91 Å². The molecular weight excluding hydrogens is 170 g/mol. The zero-order chi connectivity index (χ0) is 9.47. The average Bonchev–Trinajstić information content (AvgIpc) is 2.24. The number of hydrogen-bond donors (Lipinski definition) is 2. The lowest BCUT2D eigenvalue weighted by Crippen LogP contribution is -2.62. The van der Waals surface area contributed by atoms with E-state index in [9.17, 15) is 4.79 Å². The average molecular weight is 183 g/mol. The second-order valence-electron chi connectivity index (χ2n) is 3.73. The number of carbonyl (C=O) groups is 1. The SMILES string of the molecule is CC(C)N=C1NC(=O)C2(COC2)N1. The van der Waals surface area contributed by atoms with Crippen molar-refractivity contribution < 1.29 is 9.53 Å². The van der Waals surface area contributed by atoms with Gasteiger partial charge in [-0.15, -0.1) is 0 Å². The topological polar surface area (TPSA) is 62.7 Å². The van der Waals surface area contributed by atoms with Gasteiger partial charge in [-0.25, -0.2) is 0 Å². The van der Waals surface area contributed by atoms with Crippen LogP contribution < -0.4 is 10.6 Å². The minimum atomic E-state index is -0.520. The van der Waals surface area contributed by atoms with E-state index in [1.165, 1.54) is 0 Å². The van der Waals surface area contributed by atoms with Crippen LogP contribution in [0.15, 0.2) is 4.99 Å². The van der Waals surface area contributed by atoms with Crippen LogP contribution in [-0.4, -0.2) is 36.7 Å². The molecule has 0 aromatic heterocycles. The fraction of sp³-hybridized carbons (Fsp3) is 0.750. The van der Waals surface area contributed by atoms with E-state index in [1.54, 1.807) is 0 Å². The highest BCUT2D eigenvalue weighted by molar-refractivity contribution is 6.09. The zero-order valence-corrected chi connectivity index (χ0v) is 7.76. The van der Waals surface area contributed by atoms with E-state index in [1.807, 2.05) is 13.8 Å². The molecule has 0 bridgehead atoms. The first-order chi connectivity index (χ1) is 6.12. The summed E-state index contributed by atoms with van der Waals surface area (Å²) in [5.41, 5.74) is -0.520. The van der Waals surface area contributed by atoms with Crippen molar-refractivity contribution in [3.63, 3.8) is 0 Å². The molecular formula is C8H13N3O2. The molecule has 5 heteroatoms. The van der Waals surface area contributed by atoms with Crippen molar-refractivity contribution >= 4 is 11.9 Å². The summed E-state index contributed by atoms with van der Waals surface area (Å²) in [6, 6.07) is 0.180. The van der Waals surface area contributed by atoms with E-state index >= 15 is 0 Å². The number of carbonyl (C=O) groups excluding carboxylic acids is 1. The Kier molecular flexibility index (Phi) is 1.76. The Morgan fingerprint density at radius 2 is 2.23 bits per heavy atom. The molecule has 2 fully saturated rings. The first-order valence-electron chi connectivity index (χ1n) is 4.38. The maximum Gasteiger partial charge on any atom is 0.257 e. The van der Waals surface area contributed by atoms with Crippen molar-refractivity contribution in [2.75, 3.05) is 13.2 Å². The lowest BCUT2D eigenvalue weighted by molar-refractivity contribution is -0.141. The van der Waals surface area contributed by atoms with Crippen molar-refractivity contribution in [3.8, 4) is 0 Å². The molecule has 0 aromatic carbocycles. The van der Waals surface area contributed by atoms with E-state index in [0.717, 1.165) is 0 Å². The summed E-state index contributed by atoms with van der Waals surface area (Å²) in [6.07, 6.45) is 0. The van der Waals surface area contributed by atoms with Crippen LogP contribution in [-0.2, 0) is 9.53 Å². The van der Waals surface area contributed by atoms with Gasteiger partial charge in [-0.3, -0.25) is 15.1 Å². The van der Waals surface area contributed by atoms with Gasteiger partial charge in [-0.1, -0.05) is 0 Å². The number of nitrogens with zero attached hydrogens (tertiary/aromatic N) is 1. The Bertz CT molecular complexity index is 269. The highest BCUT2D eigenvalue weighted by Gasteiger charge is 2.51. The van der Waals surface area contributed by atoms with Gasteiger partial charge >= 0.3 is 0 Å². The molecule has 2 aliphatic rings. The van der Waals surface area contributed by atoms with Crippen LogP contribution in [0.3, 0.4) is 0 Å². The molecule has 2 rings (SSSR count). The van der Waals surface area contributed by atoms with Crippen LogP contribution in [0.4, 0.5) is 0 Å². The molecule has 72 valence electrons. The van der Waals surface area contributed by atoms with Gasteiger partial charge < -0.3 is 10.1 Å². The van der Waals surface area contributed by atoms with Crippen LogP contribution in [0.1, 0.15) is 13.8 Å². The molecule has 2 saturated heterocycles. The maximum absolute atomic E-state index is 11.4. The summed E-state index contributed by atoms with van der Waals surface area (Å²) in [5, 5.41) is 5.75. The second-order valence-corrected chi connectivity index (χ2v) is 3.73. The lowest BCUT2D eigenvalue weighted by Gasteiger charge is -2.34. The quantitative estimate of drug-likeness (QED) is 0.561. The molecule has 2 aliphatic heterocycles. The van der Waals surface area contributed by atoms with Gasteiger partial charge in [-0.2, -0.15) is 0 Å². The van der Waals surface area contributed by atoms with Gasteiger partial charge in [0.15, 0.2) is 11.5 Å². The van der Waals surface area contributed by atoms with Crippen LogP contribution in [0.5, 0.6) is 0 Å². The number of rotatable bonds is 1. The normalized spacial score (nSPS) is 27.6. The summed E-state index contributed by atoms with van der Waals surface area (Å²) in [4.78, 5) is 15.7. The number of guanidine groups is 1. The third kappa shape index (κ3) is 1.29. The largest absolute Gasteiger partial charge is 0.375 e. The number of aliphatic imine (C=N–C) groups is 1. The molecule has 1 amide bonds. The Labute approximate surface area is 76.6 Å². The van der Waals surface area contributed by atoms with Crippen LogP contribution in [0, 0.1) is 0 Å². The van der Waals surface area contributed by atoms with E-state index in [-0.39, 0.29) is 11.9 Å². The van der Waals surface area contributed by atoms with Crippen LogP contribution in [0.25, 0.3) is 0 Å². The van der Waals surface area contributed by atoms with E-state index in [2.05, 4.69) is 15.6 Å². The summed E-state index contributed by atoms with van der Waals surface area (Å²) in [7, 11) is 0. The highest BCUT2D eigenvalue weighted by Crippen LogP contribution is 2.20. The minimum absolute atomic E-state index is 0.0295. The molecule has 0 aromatic rings. The summed E-state index contributed by atoms with van der Waals surface area (Å²) in [6.45, 7) is 4.80.